The van der Waals surface area contributed by atoms with Gasteiger partial charge in [0, 0.05) is 25.0 Å². The van der Waals surface area contributed by atoms with E-state index in [1.807, 2.05) is 42.5 Å². The van der Waals surface area contributed by atoms with Crippen LogP contribution in [0.3, 0.4) is 0 Å². The number of likely N-dealkylation sites (N-methyl/N-ethyl adjacent to an activating group) is 1. The van der Waals surface area contributed by atoms with Gasteiger partial charge in [0.2, 0.25) is 5.91 Å². The summed E-state index contributed by atoms with van der Waals surface area (Å²) in [5.74, 6) is -0.102. The number of rotatable bonds is 5. The standard InChI is InChI=1S/C16H19N3O/c1-19(16(20)11-17)15-9-7-14(8-10-15)18-12-13-5-3-2-4-6-13/h2-10,18H,11-12,17H2,1H3. The molecule has 2 aromatic carbocycles. The van der Waals surface area contributed by atoms with Crippen LogP contribution in [0.1, 0.15) is 5.56 Å². The van der Waals surface area contributed by atoms with Crippen LogP contribution in [0, 0.1) is 0 Å². The molecule has 0 atom stereocenters. The molecule has 3 N–H and O–H groups in total. The van der Waals surface area contributed by atoms with Crippen molar-refractivity contribution >= 4 is 17.3 Å². The van der Waals surface area contributed by atoms with Crippen molar-refractivity contribution in [1.29, 1.82) is 0 Å². The van der Waals surface area contributed by atoms with Gasteiger partial charge in [-0.05, 0) is 29.8 Å². The maximum absolute atomic E-state index is 11.5. The van der Waals surface area contributed by atoms with Gasteiger partial charge in [0.05, 0.1) is 6.54 Å². The van der Waals surface area contributed by atoms with Crippen molar-refractivity contribution in [3.63, 3.8) is 0 Å². The maximum atomic E-state index is 11.5. The zero-order valence-corrected chi connectivity index (χ0v) is 11.5. The first-order valence-electron chi connectivity index (χ1n) is 6.55. The summed E-state index contributed by atoms with van der Waals surface area (Å²) in [5, 5.41) is 3.34. The third-order valence-corrected chi connectivity index (χ3v) is 3.14. The number of nitrogens with two attached hydrogens (primary N) is 1. The minimum atomic E-state index is -0.102. The van der Waals surface area contributed by atoms with Crippen LogP contribution in [0.5, 0.6) is 0 Å². The molecule has 0 aromatic heterocycles. The van der Waals surface area contributed by atoms with Gasteiger partial charge in [0.15, 0.2) is 0 Å². The van der Waals surface area contributed by atoms with E-state index in [0.29, 0.717) is 0 Å². The molecule has 0 saturated heterocycles. The fourth-order valence-corrected chi connectivity index (χ4v) is 1.88. The van der Waals surface area contributed by atoms with Gasteiger partial charge < -0.3 is 16.0 Å². The van der Waals surface area contributed by atoms with Crippen LogP contribution < -0.4 is 16.0 Å². The molecule has 1 amide bonds. The van der Waals surface area contributed by atoms with Gasteiger partial charge in [-0.25, -0.2) is 0 Å². The first-order chi connectivity index (χ1) is 9.70. The van der Waals surface area contributed by atoms with Crippen molar-refractivity contribution in [1.82, 2.24) is 0 Å². The Morgan fingerprint density at radius 1 is 1.10 bits per heavy atom. The largest absolute Gasteiger partial charge is 0.381 e. The van der Waals surface area contributed by atoms with Crippen molar-refractivity contribution in [3.05, 3.63) is 60.2 Å². The fourth-order valence-electron chi connectivity index (χ4n) is 1.88. The molecule has 0 aliphatic carbocycles. The lowest BCUT2D eigenvalue weighted by molar-refractivity contribution is -0.117. The van der Waals surface area contributed by atoms with Crippen LogP contribution >= 0.6 is 0 Å². The molecule has 0 bridgehead atoms. The molecule has 4 nitrogen and oxygen atoms in total. The van der Waals surface area contributed by atoms with Crippen molar-refractivity contribution in [3.8, 4) is 0 Å². The van der Waals surface area contributed by atoms with Crippen LogP contribution in [0.25, 0.3) is 0 Å². The Morgan fingerprint density at radius 3 is 2.35 bits per heavy atom. The fraction of sp³-hybridized carbons (Fsp3) is 0.188. The van der Waals surface area contributed by atoms with Crippen molar-refractivity contribution in [2.24, 2.45) is 5.73 Å². The average molecular weight is 269 g/mol. The predicted octanol–water partition coefficient (Wildman–Crippen LogP) is 2.22. The van der Waals surface area contributed by atoms with Crippen molar-refractivity contribution < 1.29 is 4.79 Å². The summed E-state index contributed by atoms with van der Waals surface area (Å²) in [6.07, 6.45) is 0. The lowest BCUT2D eigenvalue weighted by Gasteiger charge is -2.17. The Hall–Kier alpha value is -2.33. The molecule has 2 aromatic rings. The summed E-state index contributed by atoms with van der Waals surface area (Å²) in [6, 6.07) is 17.9. The van der Waals surface area contributed by atoms with Gasteiger partial charge >= 0.3 is 0 Å². The molecule has 2 rings (SSSR count). The molecule has 4 heteroatoms. The Labute approximate surface area is 119 Å². The van der Waals surface area contributed by atoms with Crippen LogP contribution in [-0.4, -0.2) is 19.5 Å². The van der Waals surface area contributed by atoms with Gasteiger partial charge in [-0.2, -0.15) is 0 Å². The molecule has 0 heterocycles. The highest BCUT2D eigenvalue weighted by atomic mass is 16.2. The van der Waals surface area contributed by atoms with Crippen LogP contribution in [0.2, 0.25) is 0 Å². The molecule has 104 valence electrons. The normalized spacial score (nSPS) is 10.1. The molecule has 0 saturated carbocycles. The third kappa shape index (κ3) is 3.59. The molecule has 0 aliphatic heterocycles. The number of hydrogen-bond donors (Lipinski definition) is 2. The summed E-state index contributed by atoms with van der Waals surface area (Å²) in [7, 11) is 1.72. The Kier molecular flexibility index (Phi) is 4.74. The van der Waals surface area contributed by atoms with E-state index in [1.165, 1.54) is 5.56 Å². The number of nitrogens with one attached hydrogen (secondary N) is 1. The number of benzene rings is 2. The second kappa shape index (κ2) is 6.73. The molecular weight excluding hydrogens is 250 g/mol. The molecule has 0 unspecified atom stereocenters. The number of anilines is 2. The minimum absolute atomic E-state index is 0.0184. The first kappa shape index (κ1) is 14.1. The zero-order chi connectivity index (χ0) is 14.4. The summed E-state index contributed by atoms with van der Waals surface area (Å²) in [4.78, 5) is 13.0. The average Bonchev–Trinajstić information content (AvgIpc) is 2.53. The number of amides is 1. The van der Waals surface area contributed by atoms with Crippen molar-refractivity contribution in [2.45, 2.75) is 6.54 Å². The maximum Gasteiger partial charge on any atom is 0.240 e. The number of carbonyl (C=O) groups is 1. The summed E-state index contributed by atoms with van der Waals surface area (Å²) in [5.41, 5.74) is 8.44. The highest BCUT2D eigenvalue weighted by Gasteiger charge is 2.07. The molecule has 0 radical (unpaired) electrons. The Morgan fingerprint density at radius 2 is 1.75 bits per heavy atom. The molecule has 20 heavy (non-hydrogen) atoms. The van der Waals surface area contributed by atoms with Crippen molar-refractivity contribution in [2.75, 3.05) is 23.8 Å². The Balaban J connectivity index is 1.96. The molecule has 0 spiro atoms. The SMILES string of the molecule is CN(C(=O)CN)c1ccc(NCc2ccccc2)cc1. The lowest BCUT2D eigenvalue weighted by Crippen LogP contribution is -2.32. The first-order valence-corrected chi connectivity index (χ1v) is 6.55. The highest BCUT2D eigenvalue weighted by molar-refractivity contribution is 5.94. The van der Waals surface area contributed by atoms with E-state index in [-0.39, 0.29) is 12.5 Å². The quantitative estimate of drug-likeness (QED) is 0.875. The third-order valence-electron chi connectivity index (χ3n) is 3.14. The predicted molar refractivity (Wildman–Crippen MR) is 82.7 cm³/mol. The van der Waals surface area contributed by atoms with Crippen LogP contribution in [0.4, 0.5) is 11.4 Å². The monoisotopic (exact) mass is 269 g/mol. The van der Waals surface area contributed by atoms with Gasteiger partial charge in [-0.15, -0.1) is 0 Å². The van der Waals surface area contributed by atoms with E-state index in [9.17, 15) is 4.79 Å². The van der Waals surface area contributed by atoms with E-state index in [4.69, 9.17) is 5.73 Å². The van der Waals surface area contributed by atoms with E-state index in [2.05, 4.69) is 17.4 Å². The van der Waals surface area contributed by atoms with E-state index in [1.54, 1.807) is 11.9 Å². The van der Waals surface area contributed by atoms with E-state index in [0.717, 1.165) is 17.9 Å². The summed E-state index contributed by atoms with van der Waals surface area (Å²) < 4.78 is 0. The molecule has 0 aliphatic rings. The topological polar surface area (TPSA) is 58.4 Å². The van der Waals surface area contributed by atoms with E-state index < -0.39 is 0 Å². The lowest BCUT2D eigenvalue weighted by atomic mass is 10.2. The molecule has 0 fully saturated rings. The second-order valence-electron chi connectivity index (χ2n) is 4.54. The van der Waals surface area contributed by atoms with Gasteiger partial charge in [0.1, 0.15) is 0 Å². The number of hydrogen-bond acceptors (Lipinski definition) is 3. The number of nitrogens with zero attached hydrogens (tertiary/aromatic N) is 1. The summed E-state index contributed by atoms with van der Waals surface area (Å²) >= 11 is 0. The van der Waals surface area contributed by atoms with Crippen LogP contribution in [0.15, 0.2) is 54.6 Å². The van der Waals surface area contributed by atoms with Gasteiger partial charge in [-0.3, -0.25) is 4.79 Å². The zero-order valence-electron chi connectivity index (χ0n) is 11.5. The molecular formula is C16H19N3O. The summed E-state index contributed by atoms with van der Waals surface area (Å²) in [6.45, 7) is 0.794. The Bertz CT molecular complexity index is 552. The second-order valence-corrected chi connectivity index (χ2v) is 4.54. The van der Waals surface area contributed by atoms with Crippen LogP contribution in [-0.2, 0) is 11.3 Å². The van der Waals surface area contributed by atoms with Gasteiger partial charge in [0.25, 0.3) is 0 Å². The number of carbonyl (C=O) groups excluding carboxylic acids is 1. The highest BCUT2D eigenvalue weighted by Crippen LogP contribution is 2.17. The van der Waals surface area contributed by atoms with E-state index >= 15 is 0 Å². The minimum Gasteiger partial charge on any atom is -0.381 e. The smallest absolute Gasteiger partial charge is 0.240 e. The van der Waals surface area contributed by atoms with Gasteiger partial charge in [-0.1, -0.05) is 30.3 Å².